The molecule has 1 atom stereocenters. The molecule has 7 heteroatoms. The monoisotopic (exact) mass is 286 g/mol. The summed E-state index contributed by atoms with van der Waals surface area (Å²) in [7, 11) is 0. The van der Waals surface area contributed by atoms with Crippen LogP contribution in [-0.4, -0.2) is 23.1 Å². The van der Waals surface area contributed by atoms with Crippen molar-refractivity contribution in [3.8, 4) is 0 Å². The Morgan fingerprint density at radius 1 is 1.26 bits per heavy atom. The van der Waals surface area contributed by atoms with Crippen LogP contribution in [0.15, 0.2) is 29.4 Å². The highest BCUT2D eigenvalue weighted by Gasteiger charge is 2.40. The van der Waals surface area contributed by atoms with Gasteiger partial charge in [-0.3, -0.25) is 4.79 Å². The maximum Gasteiger partial charge on any atom is 0.416 e. The minimum Gasteiger partial charge on any atom is -0.272 e. The average molecular weight is 286 g/mol. The first kappa shape index (κ1) is 12.5. The molecule has 0 bridgehead atoms. The van der Waals surface area contributed by atoms with Gasteiger partial charge in [0, 0.05) is 11.5 Å². The number of rotatable bonds is 1. The van der Waals surface area contributed by atoms with Crippen molar-refractivity contribution in [3.05, 3.63) is 29.8 Å². The summed E-state index contributed by atoms with van der Waals surface area (Å²) in [4.78, 5) is 12.0. The summed E-state index contributed by atoms with van der Waals surface area (Å²) in [5, 5.41) is 5.40. The fraction of sp³-hybridized carbons (Fsp3) is 0.333. The quantitative estimate of drug-likeness (QED) is 0.795. The van der Waals surface area contributed by atoms with Gasteiger partial charge in [-0.1, -0.05) is 0 Å². The van der Waals surface area contributed by atoms with Crippen LogP contribution in [0.5, 0.6) is 0 Å². The van der Waals surface area contributed by atoms with E-state index < -0.39 is 11.7 Å². The number of hydrogen-bond acceptors (Lipinski definition) is 3. The Bertz CT molecular complexity index is 553. The first-order valence-electron chi connectivity index (χ1n) is 5.63. The van der Waals surface area contributed by atoms with E-state index in [1.54, 1.807) is 11.8 Å². The zero-order valence-electron chi connectivity index (χ0n) is 9.65. The highest BCUT2D eigenvalue weighted by Crippen LogP contribution is 2.34. The summed E-state index contributed by atoms with van der Waals surface area (Å²) in [6.45, 7) is 0. The largest absolute Gasteiger partial charge is 0.416 e. The molecule has 0 N–H and O–H groups in total. The summed E-state index contributed by atoms with van der Waals surface area (Å²) in [5.74, 6) is 1.06. The van der Waals surface area contributed by atoms with Crippen molar-refractivity contribution >= 4 is 29.1 Å². The number of fused-ring (bicyclic) bond motifs is 1. The topological polar surface area (TPSA) is 32.7 Å². The predicted molar refractivity (Wildman–Crippen MR) is 67.2 cm³/mol. The van der Waals surface area contributed by atoms with Crippen LogP contribution in [0.3, 0.4) is 0 Å². The number of hydrazone groups is 1. The van der Waals surface area contributed by atoms with E-state index in [1.807, 2.05) is 0 Å². The molecule has 1 aromatic rings. The van der Waals surface area contributed by atoms with E-state index in [2.05, 4.69) is 5.10 Å². The summed E-state index contributed by atoms with van der Waals surface area (Å²) >= 11 is 1.65. The molecule has 19 heavy (non-hydrogen) atoms. The van der Waals surface area contributed by atoms with Gasteiger partial charge >= 0.3 is 6.18 Å². The summed E-state index contributed by atoms with van der Waals surface area (Å²) in [5.41, 5.74) is 0.464. The third kappa shape index (κ3) is 2.11. The number of hydrogen-bond donors (Lipinski definition) is 0. The van der Waals surface area contributed by atoms with Crippen LogP contribution in [0.4, 0.5) is 18.9 Å². The minimum atomic E-state index is -4.37. The van der Waals surface area contributed by atoms with Gasteiger partial charge in [0.2, 0.25) is 0 Å². The van der Waals surface area contributed by atoms with Crippen LogP contribution in [-0.2, 0) is 11.0 Å². The van der Waals surface area contributed by atoms with Crippen molar-refractivity contribution < 1.29 is 18.0 Å². The Hall–Kier alpha value is -1.50. The summed E-state index contributed by atoms with van der Waals surface area (Å²) in [6, 6.07) is 4.48. The van der Waals surface area contributed by atoms with Gasteiger partial charge < -0.3 is 0 Å². The lowest BCUT2D eigenvalue weighted by Gasteiger charge is -2.14. The van der Waals surface area contributed by atoms with E-state index in [0.29, 0.717) is 17.2 Å². The van der Waals surface area contributed by atoms with Gasteiger partial charge in [0.15, 0.2) is 0 Å². The number of benzene rings is 1. The predicted octanol–water partition coefficient (Wildman–Crippen LogP) is 2.77. The molecule has 1 amide bonds. The highest BCUT2D eigenvalue weighted by atomic mass is 32.2. The van der Waals surface area contributed by atoms with E-state index >= 15 is 0 Å². The first-order valence-corrected chi connectivity index (χ1v) is 6.78. The fourth-order valence-corrected chi connectivity index (χ4v) is 3.25. The fourth-order valence-electron chi connectivity index (χ4n) is 2.09. The van der Waals surface area contributed by atoms with Crippen LogP contribution >= 0.6 is 11.8 Å². The molecule has 2 aliphatic heterocycles. The average Bonchev–Trinajstić information content (AvgIpc) is 2.92. The molecule has 1 fully saturated rings. The third-order valence-electron chi connectivity index (χ3n) is 3.11. The smallest absolute Gasteiger partial charge is 0.272 e. The molecule has 0 aliphatic carbocycles. The SMILES string of the molecule is O=C1C2CSCC2=NN1c1ccc(C(F)(F)F)cc1. The van der Waals surface area contributed by atoms with Gasteiger partial charge in [-0.05, 0) is 24.3 Å². The second-order valence-corrected chi connectivity index (χ2v) is 5.38. The Morgan fingerprint density at radius 3 is 2.53 bits per heavy atom. The molecule has 1 aromatic carbocycles. The van der Waals surface area contributed by atoms with E-state index in [0.717, 1.165) is 17.8 Å². The van der Waals surface area contributed by atoms with Crippen LogP contribution < -0.4 is 5.01 Å². The second-order valence-electron chi connectivity index (χ2n) is 4.35. The van der Waals surface area contributed by atoms with Crippen LogP contribution in [0.25, 0.3) is 0 Å². The van der Waals surface area contributed by atoms with Crippen molar-refractivity contribution in [2.45, 2.75) is 6.18 Å². The van der Waals surface area contributed by atoms with Gasteiger partial charge in [-0.2, -0.15) is 30.0 Å². The molecule has 1 saturated heterocycles. The number of amides is 1. The van der Waals surface area contributed by atoms with E-state index in [-0.39, 0.29) is 11.8 Å². The number of thioether (sulfide) groups is 1. The van der Waals surface area contributed by atoms with Crippen molar-refractivity contribution in [3.63, 3.8) is 0 Å². The van der Waals surface area contributed by atoms with Crippen molar-refractivity contribution in [1.82, 2.24) is 0 Å². The lowest BCUT2D eigenvalue weighted by atomic mass is 10.1. The zero-order valence-corrected chi connectivity index (χ0v) is 10.5. The van der Waals surface area contributed by atoms with Crippen LogP contribution in [0, 0.1) is 5.92 Å². The van der Waals surface area contributed by atoms with Crippen molar-refractivity contribution in [2.24, 2.45) is 11.0 Å². The normalized spacial score (nSPS) is 22.7. The number of nitrogens with zero attached hydrogens (tertiary/aromatic N) is 2. The molecular formula is C12H9F3N2OS. The Morgan fingerprint density at radius 2 is 1.95 bits per heavy atom. The lowest BCUT2D eigenvalue weighted by molar-refractivity contribution is -0.137. The van der Waals surface area contributed by atoms with Gasteiger partial charge in [0.25, 0.3) is 5.91 Å². The molecule has 0 spiro atoms. The maximum atomic E-state index is 12.5. The molecule has 0 radical (unpaired) electrons. The minimum absolute atomic E-state index is 0.153. The van der Waals surface area contributed by atoms with Gasteiger partial charge in [0.1, 0.15) is 0 Å². The molecule has 3 rings (SSSR count). The van der Waals surface area contributed by atoms with E-state index in [9.17, 15) is 18.0 Å². The Balaban J connectivity index is 1.88. The summed E-state index contributed by atoms with van der Waals surface area (Å²) in [6.07, 6.45) is -4.37. The molecule has 1 unspecified atom stereocenters. The molecular weight excluding hydrogens is 277 g/mol. The summed E-state index contributed by atoms with van der Waals surface area (Å²) < 4.78 is 37.4. The highest BCUT2D eigenvalue weighted by molar-refractivity contribution is 8.00. The molecule has 0 saturated carbocycles. The number of carbonyl (C=O) groups is 1. The van der Waals surface area contributed by atoms with E-state index in [4.69, 9.17) is 0 Å². The number of alkyl halides is 3. The maximum absolute atomic E-state index is 12.5. The molecule has 3 nitrogen and oxygen atoms in total. The van der Waals surface area contributed by atoms with Crippen molar-refractivity contribution in [2.75, 3.05) is 16.5 Å². The Labute approximate surface area is 111 Å². The van der Waals surface area contributed by atoms with Gasteiger partial charge in [-0.15, -0.1) is 0 Å². The van der Waals surface area contributed by atoms with Crippen LogP contribution in [0.1, 0.15) is 5.56 Å². The molecule has 100 valence electrons. The zero-order chi connectivity index (χ0) is 13.6. The Kier molecular flexibility index (Phi) is 2.81. The molecule has 2 aliphatic rings. The third-order valence-corrected chi connectivity index (χ3v) is 4.18. The lowest BCUT2D eigenvalue weighted by Crippen LogP contribution is -2.27. The standard InChI is InChI=1S/C12H9F3N2OS/c13-12(14,15)7-1-3-8(4-2-7)17-11(18)9-5-19-6-10(9)16-17/h1-4,9H,5-6H2. The second kappa shape index (κ2) is 4.26. The molecule has 2 heterocycles. The first-order chi connectivity index (χ1) is 8.97. The molecule has 0 aromatic heterocycles. The van der Waals surface area contributed by atoms with Crippen LogP contribution in [0.2, 0.25) is 0 Å². The van der Waals surface area contributed by atoms with E-state index in [1.165, 1.54) is 17.1 Å². The van der Waals surface area contributed by atoms with Gasteiger partial charge in [-0.25, -0.2) is 5.01 Å². The van der Waals surface area contributed by atoms with Gasteiger partial charge in [0.05, 0.1) is 22.9 Å². The number of halogens is 3. The van der Waals surface area contributed by atoms with Crippen molar-refractivity contribution in [1.29, 1.82) is 0 Å². The number of anilines is 1. The number of carbonyl (C=O) groups excluding carboxylic acids is 1.